The van der Waals surface area contributed by atoms with Crippen LogP contribution in [-0.4, -0.2) is 25.8 Å². The lowest BCUT2D eigenvalue weighted by Crippen LogP contribution is -2.02. The van der Waals surface area contributed by atoms with Crippen LogP contribution in [0.25, 0.3) is 16.9 Å². The van der Waals surface area contributed by atoms with E-state index in [1.807, 2.05) is 30.3 Å². The number of aromatic nitrogens is 3. The highest BCUT2D eigenvalue weighted by atomic mass is 16.4. The van der Waals surface area contributed by atoms with E-state index in [-0.39, 0.29) is 5.69 Å². The van der Waals surface area contributed by atoms with Gasteiger partial charge in [-0.05, 0) is 18.2 Å². The Balaban J connectivity index is 2.20. The molecule has 3 rings (SSSR count). The molecule has 0 saturated heterocycles. The van der Waals surface area contributed by atoms with Crippen molar-refractivity contribution in [3.8, 4) is 16.9 Å². The van der Waals surface area contributed by atoms with Crippen LogP contribution in [0.3, 0.4) is 0 Å². The Bertz CT molecular complexity index is 679. The molecule has 0 aliphatic carbocycles. The van der Waals surface area contributed by atoms with E-state index >= 15 is 0 Å². The van der Waals surface area contributed by atoms with Gasteiger partial charge in [-0.3, -0.25) is 4.98 Å². The van der Waals surface area contributed by atoms with Crippen LogP contribution in [0.1, 0.15) is 10.5 Å². The van der Waals surface area contributed by atoms with E-state index in [9.17, 15) is 4.79 Å². The van der Waals surface area contributed by atoms with Crippen LogP contribution in [0.2, 0.25) is 0 Å². The average Bonchev–Trinajstić information content (AvgIpc) is 2.94. The van der Waals surface area contributed by atoms with Crippen LogP contribution in [0.5, 0.6) is 0 Å². The summed E-state index contributed by atoms with van der Waals surface area (Å²) >= 11 is 0. The highest BCUT2D eigenvalue weighted by molar-refractivity contribution is 5.87. The molecule has 0 aliphatic rings. The van der Waals surface area contributed by atoms with Crippen molar-refractivity contribution in [1.29, 1.82) is 0 Å². The number of carboxylic acids is 1. The maximum Gasteiger partial charge on any atom is 0.356 e. The minimum atomic E-state index is -1.05. The zero-order valence-corrected chi connectivity index (χ0v) is 10.5. The van der Waals surface area contributed by atoms with Crippen molar-refractivity contribution in [2.75, 3.05) is 0 Å². The molecule has 2 aromatic heterocycles. The second-order valence-electron chi connectivity index (χ2n) is 4.20. The molecule has 0 unspecified atom stereocenters. The second kappa shape index (κ2) is 4.97. The fraction of sp³-hybridized carbons (Fsp3) is 0. The summed E-state index contributed by atoms with van der Waals surface area (Å²) in [5, 5.41) is 13.3. The first-order chi connectivity index (χ1) is 9.75. The summed E-state index contributed by atoms with van der Waals surface area (Å²) in [5.41, 5.74) is 2.42. The van der Waals surface area contributed by atoms with Crippen molar-refractivity contribution in [2.24, 2.45) is 0 Å². The standard InChI is InChI=1S/C15H11N3O2/c19-15(20)13-10-14(11-4-2-1-3-5-11)18(17-13)12-6-8-16-9-7-12/h1-10H,(H,19,20). The van der Waals surface area contributed by atoms with E-state index in [2.05, 4.69) is 10.1 Å². The summed E-state index contributed by atoms with van der Waals surface area (Å²) in [7, 11) is 0. The first kappa shape index (κ1) is 12.1. The van der Waals surface area contributed by atoms with Crippen LogP contribution < -0.4 is 0 Å². The lowest BCUT2D eigenvalue weighted by Gasteiger charge is -2.06. The lowest BCUT2D eigenvalue weighted by molar-refractivity contribution is 0.0690. The van der Waals surface area contributed by atoms with E-state index in [0.717, 1.165) is 16.9 Å². The third-order valence-corrected chi connectivity index (χ3v) is 2.91. The Labute approximate surface area is 115 Å². The number of pyridine rings is 1. The summed E-state index contributed by atoms with van der Waals surface area (Å²) in [6, 6.07) is 14.7. The van der Waals surface area contributed by atoms with Crippen molar-refractivity contribution < 1.29 is 9.90 Å². The molecule has 0 atom stereocenters. The Kier molecular flexibility index (Phi) is 3.01. The highest BCUT2D eigenvalue weighted by Crippen LogP contribution is 2.23. The van der Waals surface area contributed by atoms with Crippen LogP contribution >= 0.6 is 0 Å². The molecule has 98 valence electrons. The number of benzene rings is 1. The minimum absolute atomic E-state index is 0.0145. The van der Waals surface area contributed by atoms with E-state index < -0.39 is 5.97 Å². The van der Waals surface area contributed by atoms with Crippen LogP contribution in [0.15, 0.2) is 60.9 Å². The maximum atomic E-state index is 11.1. The zero-order chi connectivity index (χ0) is 13.9. The van der Waals surface area contributed by atoms with E-state index in [1.54, 1.807) is 35.3 Å². The topological polar surface area (TPSA) is 68.0 Å². The molecular weight excluding hydrogens is 254 g/mol. The molecule has 0 bridgehead atoms. The smallest absolute Gasteiger partial charge is 0.356 e. The van der Waals surface area contributed by atoms with E-state index in [1.165, 1.54) is 0 Å². The molecule has 1 aromatic carbocycles. The van der Waals surface area contributed by atoms with E-state index in [4.69, 9.17) is 5.11 Å². The van der Waals surface area contributed by atoms with Gasteiger partial charge in [0.2, 0.25) is 0 Å². The Morgan fingerprint density at radius 2 is 1.75 bits per heavy atom. The number of nitrogens with zero attached hydrogens (tertiary/aromatic N) is 3. The predicted molar refractivity (Wildman–Crippen MR) is 73.8 cm³/mol. The Morgan fingerprint density at radius 3 is 2.40 bits per heavy atom. The molecule has 0 radical (unpaired) electrons. The number of carboxylic acid groups (broad SMARTS) is 1. The summed E-state index contributed by atoms with van der Waals surface area (Å²) in [6.45, 7) is 0. The molecule has 20 heavy (non-hydrogen) atoms. The van der Waals surface area contributed by atoms with E-state index in [0.29, 0.717) is 0 Å². The van der Waals surface area contributed by atoms with Gasteiger partial charge in [0.1, 0.15) is 0 Å². The van der Waals surface area contributed by atoms with Crippen molar-refractivity contribution >= 4 is 5.97 Å². The normalized spacial score (nSPS) is 10.4. The molecule has 2 heterocycles. The van der Waals surface area contributed by atoms with Gasteiger partial charge in [-0.15, -0.1) is 0 Å². The maximum absolute atomic E-state index is 11.1. The molecule has 3 aromatic rings. The first-order valence-electron chi connectivity index (χ1n) is 6.05. The Morgan fingerprint density at radius 1 is 1.05 bits per heavy atom. The van der Waals surface area contributed by atoms with Gasteiger partial charge in [-0.2, -0.15) is 5.10 Å². The summed E-state index contributed by atoms with van der Waals surface area (Å²) in [6.07, 6.45) is 3.29. The van der Waals surface area contributed by atoms with Crippen molar-refractivity contribution in [2.45, 2.75) is 0 Å². The second-order valence-corrected chi connectivity index (χ2v) is 4.20. The fourth-order valence-corrected chi connectivity index (χ4v) is 1.98. The monoisotopic (exact) mass is 265 g/mol. The fourth-order valence-electron chi connectivity index (χ4n) is 1.98. The lowest BCUT2D eigenvalue weighted by atomic mass is 10.1. The van der Waals surface area contributed by atoms with Gasteiger partial charge >= 0.3 is 5.97 Å². The molecule has 0 amide bonds. The highest BCUT2D eigenvalue weighted by Gasteiger charge is 2.15. The Hall–Kier alpha value is -2.95. The van der Waals surface area contributed by atoms with Crippen molar-refractivity contribution in [3.63, 3.8) is 0 Å². The third-order valence-electron chi connectivity index (χ3n) is 2.91. The number of aromatic carboxylic acids is 1. The van der Waals surface area contributed by atoms with Gasteiger partial charge in [0.05, 0.1) is 11.4 Å². The molecule has 1 N–H and O–H groups in total. The number of hydrogen-bond acceptors (Lipinski definition) is 3. The first-order valence-corrected chi connectivity index (χ1v) is 6.05. The number of hydrogen-bond donors (Lipinski definition) is 1. The predicted octanol–water partition coefficient (Wildman–Crippen LogP) is 2.63. The molecule has 5 nitrogen and oxygen atoms in total. The van der Waals surface area contributed by atoms with Crippen molar-refractivity contribution in [3.05, 3.63) is 66.6 Å². The van der Waals surface area contributed by atoms with Crippen LogP contribution in [0.4, 0.5) is 0 Å². The molecule has 0 saturated carbocycles. The zero-order valence-electron chi connectivity index (χ0n) is 10.5. The quantitative estimate of drug-likeness (QED) is 0.790. The molecule has 0 spiro atoms. The van der Waals surface area contributed by atoms with Gasteiger partial charge in [0, 0.05) is 18.0 Å². The van der Waals surface area contributed by atoms with Crippen LogP contribution in [-0.2, 0) is 0 Å². The number of carbonyl (C=O) groups is 1. The van der Waals surface area contributed by atoms with Gasteiger partial charge in [-0.25, -0.2) is 9.48 Å². The average molecular weight is 265 g/mol. The van der Waals surface area contributed by atoms with Gasteiger partial charge < -0.3 is 5.11 Å². The minimum Gasteiger partial charge on any atom is -0.476 e. The SMILES string of the molecule is O=C(O)c1cc(-c2ccccc2)n(-c2ccncc2)n1. The molecule has 0 fully saturated rings. The summed E-state index contributed by atoms with van der Waals surface area (Å²) in [4.78, 5) is 15.1. The summed E-state index contributed by atoms with van der Waals surface area (Å²) < 4.78 is 1.61. The third kappa shape index (κ3) is 2.16. The number of rotatable bonds is 3. The summed E-state index contributed by atoms with van der Waals surface area (Å²) in [5.74, 6) is -1.05. The molecular formula is C15H11N3O2. The van der Waals surface area contributed by atoms with Crippen molar-refractivity contribution in [1.82, 2.24) is 14.8 Å². The van der Waals surface area contributed by atoms with Gasteiger partial charge in [0.25, 0.3) is 0 Å². The molecule has 0 aliphatic heterocycles. The largest absolute Gasteiger partial charge is 0.476 e. The van der Waals surface area contributed by atoms with Crippen LogP contribution in [0, 0.1) is 0 Å². The molecule has 5 heteroatoms. The van der Waals surface area contributed by atoms with Gasteiger partial charge in [0.15, 0.2) is 5.69 Å². The van der Waals surface area contributed by atoms with Gasteiger partial charge in [-0.1, -0.05) is 30.3 Å².